The molecule has 2 saturated heterocycles. The average Bonchev–Trinajstić information content (AvgIpc) is 2.63. The van der Waals surface area contributed by atoms with Crippen LogP contribution < -0.4 is 5.32 Å². The largest absolute Gasteiger partial charge is 0.388 e. The molecule has 0 aliphatic carbocycles. The summed E-state index contributed by atoms with van der Waals surface area (Å²) in [5.74, 6) is 0.332. The second kappa shape index (κ2) is 3.23. The third-order valence-corrected chi connectivity index (χ3v) is 3.44. The Kier molecular flexibility index (Phi) is 2.34. The smallest absolute Gasteiger partial charge is 0.0797 e. The molecule has 0 aromatic carbocycles. The first-order chi connectivity index (χ1) is 6.13. The van der Waals surface area contributed by atoms with Crippen LogP contribution in [0.3, 0.4) is 0 Å². The molecule has 0 radical (unpaired) electrons. The van der Waals surface area contributed by atoms with Crippen LogP contribution in [0.1, 0.15) is 26.2 Å². The standard InChI is InChI=1S/C10H19NO2/c1-10(12,6-11-2)8-5-7-3-4-9(8)13-7/h7-9,11-12H,3-6H2,1-2H3. The van der Waals surface area contributed by atoms with Crippen LogP contribution in [-0.4, -0.2) is 36.5 Å². The highest BCUT2D eigenvalue weighted by atomic mass is 16.5. The summed E-state index contributed by atoms with van der Waals surface area (Å²) in [6.45, 7) is 2.57. The van der Waals surface area contributed by atoms with Crippen molar-refractivity contribution >= 4 is 0 Å². The van der Waals surface area contributed by atoms with Crippen molar-refractivity contribution in [1.82, 2.24) is 5.32 Å². The normalized spacial score (nSPS) is 42.2. The zero-order valence-electron chi connectivity index (χ0n) is 8.42. The molecule has 2 aliphatic heterocycles. The lowest BCUT2D eigenvalue weighted by atomic mass is 9.78. The van der Waals surface area contributed by atoms with E-state index in [9.17, 15) is 5.11 Å². The van der Waals surface area contributed by atoms with E-state index in [1.54, 1.807) is 0 Å². The van der Waals surface area contributed by atoms with E-state index in [1.165, 1.54) is 6.42 Å². The van der Waals surface area contributed by atoms with E-state index in [2.05, 4.69) is 5.32 Å². The topological polar surface area (TPSA) is 41.5 Å². The van der Waals surface area contributed by atoms with E-state index in [0.29, 0.717) is 24.7 Å². The number of rotatable bonds is 3. The predicted molar refractivity (Wildman–Crippen MR) is 50.6 cm³/mol. The summed E-state index contributed by atoms with van der Waals surface area (Å²) < 4.78 is 5.73. The molecule has 4 unspecified atom stereocenters. The molecule has 2 bridgehead atoms. The first-order valence-electron chi connectivity index (χ1n) is 5.16. The second-order valence-electron chi connectivity index (χ2n) is 4.60. The average molecular weight is 185 g/mol. The van der Waals surface area contributed by atoms with Crippen LogP contribution in [-0.2, 0) is 4.74 Å². The van der Waals surface area contributed by atoms with Gasteiger partial charge >= 0.3 is 0 Å². The maximum atomic E-state index is 10.2. The number of aliphatic hydroxyl groups is 1. The molecule has 2 N–H and O–H groups in total. The van der Waals surface area contributed by atoms with Crippen LogP contribution in [0, 0.1) is 5.92 Å². The third-order valence-electron chi connectivity index (χ3n) is 3.44. The van der Waals surface area contributed by atoms with Crippen molar-refractivity contribution in [2.24, 2.45) is 5.92 Å². The molecule has 0 aromatic rings. The van der Waals surface area contributed by atoms with Gasteiger partial charge in [0.2, 0.25) is 0 Å². The van der Waals surface area contributed by atoms with Crippen LogP contribution in [0.5, 0.6) is 0 Å². The van der Waals surface area contributed by atoms with Crippen molar-refractivity contribution in [3.05, 3.63) is 0 Å². The van der Waals surface area contributed by atoms with Gasteiger partial charge in [0.1, 0.15) is 0 Å². The number of nitrogens with one attached hydrogen (secondary N) is 1. The Hall–Kier alpha value is -0.120. The van der Waals surface area contributed by atoms with Crippen molar-refractivity contribution in [2.45, 2.75) is 44.0 Å². The Labute approximate surface area is 79.5 Å². The maximum Gasteiger partial charge on any atom is 0.0797 e. The van der Waals surface area contributed by atoms with Gasteiger partial charge in [-0.15, -0.1) is 0 Å². The minimum Gasteiger partial charge on any atom is -0.388 e. The van der Waals surface area contributed by atoms with Gasteiger partial charge < -0.3 is 15.2 Å². The van der Waals surface area contributed by atoms with E-state index in [1.807, 2.05) is 14.0 Å². The molecule has 0 aromatic heterocycles. The highest BCUT2D eigenvalue weighted by molar-refractivity contribution is 4.98. The maximum absolute atomic E-state index is 10.2. The van der Waals surface area contributed by atoms with Gasteiger partial charge in [-0.2, -0.15) is 0 Å². The van der Waals surface area contributed by atoms with Crippen molar-refractivity contribution in [1.29, 1.82) is 0 Å². The van der Waals surface area contributed by atoms with E-state index >= 15 is 0 Å². The molecule has 2 rings (SSSR count). The van der Waals surface area contributed by atoms with Crippen molar-refractivity contribution in [3.63, 3.8) is 0 Å². The number of likely N-dealkylation sites (N-methyl/N-ethyl adjacent to an activating group) is 1. The summed E-state index contributed by atoms with van der Waals surface area (Å²) in [4.78, 5) is 0. The lowest BCUT2D eigenvalue weighted by Crippen LogP contribution is -2.47. The summed E-state index contributed by atoms with van der Waals surface area (Å²) in [6, 6.07) is 0. The van der Waals surface area contributed by atoms with Gasteiger partial charge in [-0.05, 0) is 33.2 Å². The van der Waals surface area contributed by atoms with E-state index in [0.717, 1.165) is 12.8 Å². The molecule has 0 saturated carbocycles. The minimum absolute atomic E-state index is 0.313. The van der Waals surface area contributed by atoms with Gasteiger partial charge in [0.15, 0.2) is 0 Å². The molecule has 0 spiro atoms. The van der Waals surface area contributed by atoms with Crippen LogP contribution >= 0.6 is 0 Å². The van der Waals surface area contributed by atoms with Crippen LogP contribution in [0.2, 0.25) is 0 Å². The Bertz CT molecular complexity index is 193. The Morgan fingerprint density at radius 2 is 2.31 bits per heavy atom. The zero-order valence-corrected chi connectivity index (χ0v) is 8.42. The number of hydrogen-bond donors (Lipinski definition) is 2. The second-order valence-corrected chi connectivity index (χ2v) is 4.60. The summed E-state index contributed by atoms with van der Waals surface area (Å²) in [7, 11) is 1.88. The molecule has 3 heteroatoms. The van der Waals surface area contributed by atoms with Crippen molar-refractivity contribution in [2.75, 3.05) is 13.6 Å². The first-order valence-corrected chi connectivity index (χ1v) is 5.16. The van der Waals surface area contributed by atoms with Gasteiger partial charge in [-0.3, -0.25) is 0 Å². The molecule has 2 fully saturated rings. The Balaban J connectivity index is 2.01. The van der Waals surface area contributed by atoms with E-state index in [-0.39, 0.29) is 0 Å². The zero-order chi connectivity index (χ0) is 9.47. The van der Waals surface area contributed by atoms with Gasteiger partial charge in [0.25, 0.3) is 0 Å². The van der Waals surface area contributed by atoms with E-state index in [4.69, 9.17) is 4.74 Å². The lowest BCUT2D eigenvalue weighted by Gasteiger charge is -2.33. The molecule has 2 aliphatic rings. The Morgan fingerprint density at radius 3 is 2.77 bits per heavy atom. The summed E-state index contributed by atoms with van der Waals surface area (Å²) in [6.07, 6.45) is 4.11. The molecule has 76 valence electrons. The SMILES string of the molecule is CNCC(C)(O)C1CC2CCC1O2. The summed E-state index contributed by atoms with van der Waals surface area (Å²) in [5, 5.41) is 13.2. The van der Waals surface area contributed by atoms with Gasteiger partial charge in [-0.1, -0.05) is 0 Å². The van der Waals surface area contributed by atoms with Gasteiger partial charge in [-0.25, -0.2) is 0 Å². The molecular formula is C10H19NO2. The molecule has 3 nitrogen and oxygen atoms in total. The first kappa shape index (κ1) is 9.44. The molecular weight excluding hydrogens is 166 g/mol. The van der Waals surface area contributed by atoms with Gasteiger partial charge in [0, 0.05) is 12.5 Å². The minimum atomic E-state index is -0.603. The van der Waals surface area contributed by atoms with Crippen molar-refractivity contribution < 1.29 is 9.84 Å². The quantitative estimate of drug-likeness (QED) is 0.673. The molecule has 0 amide bonds. The molecule has 2 heterocycles. The Morgan fingerprint density at radius 1 is 1.54 bits per heavy atom. The highest BCUT2D eigenvalue weighted by Gasteiger charge is 2.48. The van der Waals surface area contributed by atoms with Crippen LogP contribution in [0.15, 0.2) is 0 Å². The number of hydrogen-bond acceptors (Lipinski definition) is 3. The van der Waals surface area contributed by atoms with Crippen LogP contribution in [0.25, 0.3) is 0 Å². The highest BCUT2D eigenvalue weighted by Crippen LogP contribution is 2.43. The third kappa shape index (κ3) is 1.60. The number of fused-ring (bicyclic) bond motifs is 2. The summed E-state index contributed by atoms with van der Waals surface area (Å²) >= 11 is 0. The van der Waals surface area contributed by atoms with E-state index < -0.39 is 5.60 Å². The van der Waals surface area contributed by atoms with Crippen LogP contribution in [0.4, 0.5) is 0 Å². The van der Waals surface area contributed by atoms with Crippen molar-refractivity contribution in [3.8, 4) is 0 Å². The predicted octanol–water partition coefficient (Wildman–Crippen LogP) is 0.524. The number of ether oxygens (including phenoxy) is 1. The summed E-state index contributed by atoms with van der Waals surface area (Å²) in [5.41, 5.74) is -0.603. The fraction of sp³-hybridized carbons (Fsp3) is 1.00. The molecule has 13 heavy (non-hydrogen) atoms. The monoisotopic (exact) mass is 185 g/mol. The van der Waals surface area contributed by atoms with Gasteiger partial charge in [0.05, 0.1) is 17.8 Å². The fourth-order valence-corrected chi connectivity index (χ4v) is 2.78. The lowest BCUT2D eigenvalue weighted by molar-refractivity contribution is -0.0291. The molecule has 4 atom stereocenters. The fourth-order valence-electron chi connectivity index (χ4n) is 2.78.